The molecule has 0 atom stereocenters. The van der Waals surface area contributed by atoms with Crippen LogP contribution in [-0.4, -0.2) is 29.9 Å². The molecule has 0 aliphatic carbocycles. The van der Waals surface area contributed by atoms with E-state index in [0.717, 1.165) is 21.7 Å². The Morgan fingerprint density at radius 2 is 2.26 bits per heavy atom. The summed E-state index contributed by atoms with van der Waals surface area (Å²) in [4.78, 5) is 5.55. The van der Waals surface area contributed by atoms with Gasteiger partial charge >= 0.3 is 0 Å². The summed E-state index contributed by atoms with van der Waals surface area (Å²) in [7, 11) is 1.91. The first kappa shape index (κ1) is 14.2. The van der Waals surface area contributed by atoms with Crippen molar-refractivity contribution in [2.24, 2.45) is 7.05 Å². The summed E-state index contributed by atoms with van der Waals surface area (Å²) in [5.41, 5.74) is 0. The van der Waals surface area contributed by atoms with Gasteiger partial charge in [0.25, 0.3) is 0 Å². The van der Waals surface area contributed by atoms with Crippen LogP contribution in [0.3, 0.4) is 0 Å². The number of aromatic nitrogens is 6. The highest BCUT2D eigenvalue weighted by Crippen LogP contribution is 2.26. The van der Waals surface area contributed by atoms with Gasteiger partial charge in [0, 0.05) is 7.05 Å². The van der Waals surface area contributed by atoms with Crippen LogP contribution >= 0.6 is 23.1 Å². The number of rotatable bonds is 5. The Labute approximate surface area is 139 Å². The molecule has 0 aliphatic heterocycles. The Morgan fingerprint density at radius 1 is 1.30 bits per heavy atom. The first-order valence-corrected chi connectivity index (χ1v) is 8.69. The van der Waals surface area contributed by atoms with Crippen LogP contribution in [0.1, 0.15) is 5.82 Å². The van der Waals surface area contributed by atoms with Crippen molar-refractivity contribution in [1.82, 2.24) is 29.9 Å². The molecule has 1 N–H and O–H groups in total. The van der Waals surface area contributed by atoms with Crippen molar-refractivity contribution in [2.75, 3.05) is 0 Å². The van der Waals surface area contributed by atoms with Crippen LogP contribution in [0.25, 0.3) is 22.3 Å². The number of hydrogen-bond donors (Lipinski definition) is 1. The number of furan rings is 1. The van der Waals surface area contributed by atoms with E-state index in [1.807, 2.05) is 41.3 Å². The Morgan fingerprint density at radius 3 is 3.04 bits per heavy atom. The molecule has 9 heteroatoms. The molecule has 4 aromatic heterocycles. The third kappa shape index (κ3) is 2.80. The Hall–Kier alpha value is -2.39. The van der Waals surface area contributed by atoms with Gasteiger partial charge in [-0.25, -0.2) is 4.98 Å². The lowest BCUT2D eigenvalue weighted by molar-refractivity contribution is 0.572. The van der Waals surface area contributed by atoms with Crippen molar-refractivity contribution in [3.8, 4) is 22.3 Å². The quantitative estimate of drug-likeness (QED) is 0.560. The molecule has 116 valence electrons. The van der Waals surface area contributed by atoms with Gasteiger partial charge in [-0.05, 0) is 23.6 Å². The van der Waals surface area contributed by atoms with E-state index in [1.165, 1.54) is 0 Å². The fourth-order valence-electron chi connectivity index (χ4n) is 2.07. The molecule has 4 rings (SSSR count). The van der Waals surface area contributed by atoms with E-state index in [1.54, 1.807) is 29.4 Å². The molecule has 0 unspecified atom stereocenters. The van der Waals surface area contributed by atoms with E-state index < -0.39 is 0 Å². The highest BCUT2D eigenvalue weighted by Gasteiger charge is 2.14. The smallest absolute Gasteiger partial charge is 0.200 e. The normalized spacial score (nSPS) is 11.2. The highest BCUT2D eigenvalue weighted by molar-refractivity contribution is 7.98. The lowest BCUT2D eigenvalue weighted by Crippen LogP contribution is -1.94. The fourth-order valence-corrected chi connectivity index (χ4v) is 3.50. The molecule has 0 aliphatic rings. The van der Waals surface area contributed by atoms with Gasteiger partial charge in [0.05, 0.1) is 16.9 Å². The van der Waals surface area contributed by atoms with Crippen LogP contribution in [0, 0.1) is 0 Å². The molecule has 0 saturated carbocycles. The lowest BCUT2D eigenvalue weighted by atomic mass is 10.4. The zero-order chi connectivity index (χ0) is 15.6. The summed E-state index contributed by atoms with van der Waals surface area (Å²) in [5, 5.41) is 18.4. The number of aromatic amines is 1. The van der Waals surface area contributed by atoms with Crippen molar-refractivity contribution < 1.29 is 4.42 Å². The summed E-state index contributed by atoms with van der Waals surface area (Å²) >= 11 is 3.17. The largest absolute Gasteiger partial charge is 0.461 e. The molecule has 0 saturated heterocycles. The monoisotopic (exact) mass is 344 g/mol. The molecule has 23 heavy (non-hydrogen) atoms. The lowest BCUT2D eigenvalue weighted by Gasteiger charge is -2.00. The molecule has 0 aromatic carbocycles. The third-order valence-electron chi connectivity index (χ3n) is 3.19. The van der Waals surface area contributed by atoms with E-state index in [-0.39, 0.29) is 0 Å². The number of H-pyrrole nitrogens is 1. The zero-order valence-electron chi connectivity index (χ0n) is 12.1. The van der Waals surface area contributed by atoms with E-state index in [2.05, 4.69) is 25.4 Å². The summed E-state index contributed by atoms with van der Waals surface area (Å²) in [6, 6.07) is 7.68. The molecule has 7 nitrogen and oxygen atoms in total. The van der Waals surface area contributed by atoms with Crippen LogP contribution in [-0.2, 0) is 12.8 Å². The molecular formula is C14H12N6OS2. The van der Waals surface area contributed by atoms with E-state index in [9.17, 15) is 0 Å². The second-order valence-electron chi connectivity index (χ2n) is 4.71. The number of thioether (sulfide) groups is 1. The van der Waals surface area contributed by atoms with E-state index in [4.69, 9.17) is 4.42 Å². The van der Waals surface area contributed by atoms with Gasteiger partial charge in [-0.3, -0.25) is 5.10 Å². The Kier molecular flexibility index (Phi) is 3.72. The zero-order valence-corrected chi connectivity index (χ0v) is 13.8. The first-order chi connectivity index (χ1) is 11.3. The molecule has 0 fully saturated rings. The maximum absolute atomic E-state index is 5.36. The van der Waals surface area contributed by atoms with Crippen LogP contribution in [0.5, 0.6) is 0 Å². The number of nitrogens with one attached hydrogen (secondary N) is 1. The van der Waals surface area contributed by atoms with Crippen molar-refractivity contribution in [3.05, 3.63) is 41.7 Å². The highest BCUT2D eigenvalue weighted by atomic mass is 32.2. The Balaban J connectivity index is 1.48. The van der Waals surface area contributed by atoms with Crippen molar-refractivity contribution in [3.63, 3.8) is 0 Å². The molecular weight excluding hydrogens is 332 g/mol. The number of nitrogens with zero attached hydrogens (tertiary/aromatic N) is 5. The minimum atomic E-state index is 0.641. The van der Waals surface area contributed by atoms with Crippen LogP contribution in [0.15, 0.2) is 45.5 Å². The average Bonchev–Trinajstić information content (AvgIpc) is 3.33. The third-order valence-corrected chi connectivity index (χ3v) is 5.09. The van der Waals surface area contributed by atoms with Gasteiger partial charge < -0.3 is 8.98 Å². The van der Waals surface area contributed by atoms with Gasteiger partial charge in [-0.2, -0.15) is 5.10 Å². The first-order valence-electron chi connectivity index (χ1n) is 6.82. The van der Waals surface area contributed by atoms with Crippen LogP contribution < -0.4 is 0 Å². The SMILES string of the molecule is Cn1c(SCc2nc(-c3cccs3)n[nH]2)nnc1-c1ccco1. The molecule has 4 aromatic rings. The number of hydrogen-bond acceptors (Lipinski definition) is 7. The standard InChI is InChI=1S/C14H12N6OS2/c1-20-13(9-4-2-6-21-9)18-19-14(20)23-8-11-15-12(17-16-11)10-5-3-7-22-10/h2-7H,8H2,1H3,(H,15,16,17). The minimum absolute atomic E-state index is 0.641. The molecule has 0 bridgehead atoms. The second-order valence-corrected chi connectivity index (χ2v) is 6.60. The fraction of sp³-hybridized carbons (Fsp3) is 0.143. The van der Waals surface area contributed by atoms with Gasteiger partial charge in [-0.15, -0.1) is 21.5 Å². The van der Waals surface area contributed by atoms with Crippen LogP contribution in [0.4, 0.5) is 0 Å². The number of thiophene rings is 1. The van der Waals surface area contributed by atoms with Gasteiger partial charge in [0.15, 0.2) is 22.6 Å². The molecule has 0 amide bonds. The molecule has 0 spiro atoms. The van der Waals surface area contributed by atoms with Crippen molar-refractivity contribution >= 4 is 23.1 Å². The van der Waals surface area contributed by atoms with Gasteiger partial charge in [-0.1, -0.05) is 17.8 Å². The minimum Gasteiger partial charge on any atom is -0.461 e. The van der Waals surface area contributed by atoms with Crippen LogP contribution in [0.2, 0.25) is 0 Å². The topological polar surface area (TPSA) is 85.4 Å². The summed E-state index contributed by atoms with van der Waals surface area (Å²) < 4.78 is 7.26. The Bertz CT molecular complexity index is 894. The second kappa shape index (κ2) is 6.01. The molecule has 0 radical (unpaired) electrons. The maximum Gasteiger partial charge on any atom is 0.200 e. The van der Waals surface area contributed by atoms with Crippen molar-refractivity contribution in [2.45, 2.75) is 10.9 Å². The molecule has 4 heterocycles. The van der Waals surface area contributed by atoms with E-state index in [0.29, 0.717) is 17.3 Å². The summed E-state index contributed by atoms with van der Waals surface area (Å²) in [6.45, 7) is 0. The summed E-state index contributed by atoms with van der Waals surface area (Å²) in [6.07, 6.45) is 1.62. The van der Waals surface area contributed by atoms with Gasteiger partial charge in [0.2, 0.25) is 0 Å². The predicted octanol–water partition coefficient (Wildman–Crippen LogP) is 3.21. The van der Waals surface area contributed by atoms with Gasteiger partial charge in [0.1, 0.15) is 5.82 Å². The van der Waals surface area contributed by atoms with E-state index >= 15 is 0 Å². The van der Waals surface area contributed by atoms with Crippen molar-refractivity contribution in [1.29, 1.82) is 0 Å². The average molecular weight is 344 g/mol. The predicted molar refractivity (Wildman–Crippen MR) is 88.0 cm³/mol. The maximum atomic E-state index is 5.36. The summed E-state index contributed by atoms with van der Waals surface area (Å²) in [5.74, 6) is 3.58.